The van der Waals surface area contributed by atoms with Gasteiger partial charge in [-0.3, -0.25) is 14.4 Å². The van der Waals surface area contributed by atoms with Gasteiger partial charge >= 0.3 is 5.97 Å². The van der Waals surface area contributed by atoms with Gasteiger partial charge in [0.25, 0.3) is 11.8 Å². The fraction of sp³-hybridized carbons (Fsp3) is 0.316. The highest BCUT2D eigenvalue weighted by Gasteiger charge is 2.30. The molecular formula is C19H17Cl3N2O4S. The highest BCUT2D eigenvalue weighted by molar-refractivity contribution is 7.12. The molecule has 1 fully saturated rings. The topological polar surface area (TPSA) is 75.7 Å². The Morgan fingerprint density at radius 1 is 1.17 bits per heavy atom. The van der Waals surface area contributed by atoms with Crippen LogP contribution >= 0.6 is 46.1 Å². The third-order valence-electron chi connectivity index (χ3n) is 4.40. The molecule has 1 atom stereocenters. The lowest BCUT2D eigenvalue weighted by atomic mass is 9.98. The molecule has 1 aromatic carbocycles. The SMILES string of the molecule is O=C(COC(=O)C1CCCN(C(=O)c2cccs2)C1)Nc1cc(Cl)c(Cl)cc1Cl. The summed E-state index contributed by atoms with van der Waals surface area (Å²) in [7, 11) is 0. The van der Waals surface area contributed by atoms with Gasteiger partial charge in [-0.1, -0.05) is 40.9 Å². The summed E-state index contributed by atoms with van der Waals surface area (Å²) in [5.74, 6) is -1.62. The zero-order chi connectivity index (χ0) is 21.0. The number of thiophene rings is 1. The molecule has 0 radical (unpaired) electrons. The van der Waals surface area contributed by atoms with Crippen molar-refractivity contribution in [3.05, 3.63) is 49.6 Å². The quantitative estimate of drug-likeness (QED) is 0.500. The van der Waals surface area contributed by atoms with Crippen LogP contribution in [0.2, 0.25) is 15.1 Å². The number of amides is 2. The van der Waals surface area contributed by atoms with E-state index in [0.29, 0.717) is 24.3 Å². The predicted octanol–water partition coefficient (Wildman–Crippen LogP) is 4.74. The predicted molar refractivity (Wildman–Crippen MR) is 114 cm³/mol. The number of piperidine rings is 1. The minimum absolute atomic E-state index is 0.0931. The lowest BCUT2D eigenvalue weighted by molar-refractivity contribution is -0.152. The summed E-state index contributed by atoms with van der Waals surface area (Å²) in [6, 6.07) is 6.40. The van der Waals surface area contributed by atoms with Crippen LogP contribution in [-0.4, -0.2) is 42.4 Å². The molecule has 1 saturated heterocycles. The van der Waals surface area contributed by atoms with E-state index in [4.69, 9.17) is 39.5 Å². The van der Waals surface area contributed by atoms with Crippen molar-refractivity contribution in [3.8, 4) is 0 Å². The van der Waals surface area contributed by atoms with Crippen molar-refractivity contribution >= 4 is 69.6 Å². The molecule has 3 rings (SSSR count). The number of rotatable bonds is 5. The van der Waals surface area contributed by atoms with Crippen molar-refractivity contribution in [3.63, 3.8) is 0 Å². The van der Waals surface area contributed by atoms with Crippen LogP contribution in [0, 0.1) is 5.92 Å². The summed E-state index contributed by atoms with van der Waals surface area (Å²) >= 11 is 19.1. The number of hydrogen-bond donors (Lipinski definition) is 1. The van der Waals surface area contributed by atoms with Crippen molar-refractivity contribution in [2.24, 2.45) is 5.92 Å². The molecule has 0 spiro atoms. The zero-order valence-corrected chi connectivity index (χ0v) is 18.2. The molecule has 0 saturated carbocycles. The molecule has 154 valence electrons. The van der Waals surface area contributed by atoms with Crippen LogP contribution in [0.4, 0.5) is 5.69 Å². The average Bonchev–Trinajstić information content (AvgIpc) is 3.24. The summed E-state index contributed by atoms with van der Waals surface area (Å²) in [5, 5.41) is 5.08. The summed E-state index contributed by atoms with van der Waals surface area (Å²) < 4.78 is 5.14. The Balaban J connectivity index is 1.51. The van der Waals surface area contributed by atoms with Gasteiger partial charge in [-0.15, -0.1) is 11.3 Å². The van der Waals surface area contributed by atoms with E-state index in [9.17, 15) is 14.4 Å². The van der Waals surface area contributed by atoms with Gasteiger partial charge in [-0.05, 0) is 36.4 Å². The van der Waals surface area contributed by atoms with E-state index >= 15 is 0 Å². The van der Waals surface area contributed by atoms with E-state index in [1.807, 2.05) is 11.4 Å². The number of halogens is 3. The zero-order valence-electron chi connectivity index (χ0n) is 15.1. The maximum atomic E-state index is 12.5. The maximum absolute atomic E-state index is 12.5. The van der Waals surface area contributed by atoms with Gasteiger partial charge in [0.2, 0.25) is 0 Å². The van der Waals surface area contributed by atoms with Crippen LogP contribution in [0.1, 0.15) is 22.5 Å². The molecule has 1 aromatic heterocycles. The molecule has 1 unspecified atom stereocenters. The fourth-order valence-electron chi connectivity index (χ4n) is 2.97. The lowest BCUT2D eigenvalue weighted by Gasteiger charge is -2.31. The lowest BCUT2D eigenvalue weighted by Crippen LogP contribution is -2.43. The smallest absolute Gasteiger partial charge is 0.311 e. The fourth-order valence-corrected chi connectivity index (χ4v) is 4.25. The first kappa shape index (κ1) is 21.9. The van der Waals surface area contributed by atoms with Gasteiger partial charge < -0.3 is 15.0 Å². The molecule has 2 heterocycles. The molecule has 6 nitrogen and oxygen atoms in total. The molecule has 29 heavy (non-hydrogen) atoms. The van der Waals surface area contributed by atoms with Gasteiger partial charge in [-0.2, -0.15) is 0 Å². The number of carbonyl (C=O) groups is 3. The van der Waals surface area contributed by atoms with E-state index in [2.05, 4.69) is 5.32 Å². The van der Waals surface area contributed by atoms with Gasteiger partial charge in [0.05, 0.1) is 31.6 Å². The highest BCUT2D eigenvalue weighted by atomic mass is 35.5. The van der Waals surface area contributed by atoms with Crippen LogP contribution in [-0.2, 0) is 14.3 Å². The first-order chi connectivity index (χ1) is 13.8. The minimum Gasteiger partial charge on any atom is -0.455 e. The van der Waals surface area contributed by atoms with Gasteiger partial charge in [0.1, 0.15) is 0 Å². The second kappa shape index (κ2) is 9.80. The molecule has 2 aromatic rings. The second-order valence-corrected chi connectivity index (χ2v) is 8.64. The van der Waals surface area contributed by atoms with Crippen LogP contribution < -0.4 is 5.32 Å². The molecule has 2 amide bonds. The molecule has 1 aliphatic rings. The van der Waals surface area contributed by atoms with Crippen LogP contribution in [0.3, 0.4) is 0 Å². The van der Waals surface area contributed by atoms with E-state index in [-0.39, 0.29) is 33.2 Å². The van der Waals surface area contributed by atoms with Crippen LogP contribution in [0.15, 0.2) is 29.6 Å². The number of benzene rings is 1. The summed E-state index contributed by atoms with van der Waals surface area (Å²) in [6.07, 6.45) is 1.30. The normalized spacial score (nSPS) is 16.4. The van der Waals surface area contributed by atoms with Crippen molar-refractivity contribution in [1.29, 1.82) is 0 Å². The number of anilines is 1. The third kappa shape index (κ3) is 5.63. The first-order valence-electron chi connectivity index (χ1n) is 8.79. The molecule has 1 N–H and O–H groups in total. The number of carbonyl (C=O) groups excluding carboxylic acids is 3. The Bertz CT molecular complexity index is 920. The standard InChI is InChI=1S/C19H17Cl3N2O4S/c20-12-7-14(22)15(8-13(12)21)23-17(25)10-28-19(27)11-3-1-5-24(9-11)18(26)16-4-2-6-29-16/h2,4,6-8,11H,1,3,5,9-10H2,(H,23,25). The van der Waals surface area contributed by atoms with E-state index in [1.165, 1.54) is 23.5 Å². The Labute approximate surface area is 186 Å². The Morgan fingerprint density at radius 3 is 2.66 bits per heavy atom. The second-order valence-electron chi connectivity index (χ2n) is 6.47. The summed E-state index contributed by atoms with van der Waals surface area (Å²) in [6.45, 7) is 0.400. The summed E-state index contributed by atoms with van der Waals surface area (Å²) in [5.41, 5.74) is 0.271. The van der Waals surface area contributed by atoms with Crippen molar-refractivity contribution in [2.45, 2.75) is 12.8 Å². The van der Waals surface area contributed by atoms with Crippen molar-refractivity contribution in [2.75, 3.05) is 25.0 Å². The molecular weight excluding hydrogens is 459 g/mol. The van der Waals surface area contributed by atoms with Gasteiger partial charge in [-0.25, -0.2) is 0 Å². The first-order valence-corrected chi connectivity index (χ1v) is 10.8. The Hall–Kier alpha value is -1.80. The Morgan fingerprint density at radius 2 is 1.93 bits per heavy atom. The largest absolute Gasteiger partial charge is 0.455 e. The summed E-state index contributed by atoms with van der Waals surface area (Å²) in [4.78, 5) is 39.2. The van der Waals surface area contributed by atoms with E-state index < -0.39 is 24.4 Å². The average molecular weight is 476 g/mol. The van der Waals surface area contributed by atoms with Crippen LogP contribution in [0.5, 0.6) is 0 Å². The van der Waals surface area contributed by atoms with Gasteiger partial charge in [0.15, 0.2) is 6.61 Å². The molecule has 1 aliphatic heterocycles. The van der Waals surface area contributed by atoms with Crippen molar-refractivity contribution in [1.82, 2.24) is 4.90 Å². The number of nitrogens with one attached hydrogen (secondary N) is 1. The van der Waals surface area contributed by atoms with Gasteiger partial charge in [0, 0.05) is 13.1 Å². The maximum Gasteiger partial charge on any atom is 0.311 e. The number of nitrogens with zero attached hydrogens (tertiary/aromatic N) is 1. The third-order valence-corrected chi connectivity index (χ3v) is 6.30. The molecule has 0 bridgehead atoms. The number of esters is 1. The number of likely N-dealkylation sites (tertiary alicyclic amines) is 1. The number of hydrogen-bond acceptors (Lipinski definition) is 5. The minimum atomic E-state index is -0.555. The van der Waals surface area contributed by atoms with E-state index in [1.54, 1.807) is 11.0 Å². The van der Waals surface area contributed by atoms with Crippen LogP contribution in [0.25, 0.3) is 0 Å². The molecule has 0 aliphatic carbocycles. The number of ether oxygens (including phenoxy) is 1. The highest BCUT2D eigenvalue weighted by Crippen LogP contribution is 2.32. The molecule has 10 heteroatoms. The Kier molecular flexibility index (Phi) is 7.40. The van der Waals surface area contributed by atoms with E-state index in [0.717, 1.165) is 0 Å². The van der Waals surface area contributed by atoms with Crippen molar-refractivity contribution < 1.29 is 19.1 Å². The monoisotopic (exact) mass is 474 g/mol.